The first kappa shape index (κ1) is 14.8. The van der Waals surface area contributed by atoms with E-state index in [1.165, 1.54) is 12.2 Å². The summed E-state index contributed by atoms with van der Waals surface area (Å²) < 4.78 is 4.77. The SMILES string of the molecule is C=CC=CC(=O)OC(CCSCC)C(=O)O. The van der Waals surface area contributed by atoms with Gasteiger partial charge in [-0.2, -0.15) is 11.8 Å². The third kappa shape index (κ3) is 7.11. The lowest BCUT2D eigenvalue weighted by Gasteiger charge is -2.11. The number of ether oxygens (including phenoxy) is 1. The van der Waals surface area contributed by atoms with Gasteiger partial charge in [0, 0.05) is 12.5 Å². The summed E-state index contributed by atoms with van der Waals surface area (Å²) in [5, 5.41) is 8.82. The van der Waals surface area contributed by atoms with E-state index in [1.54, 1.807) is 11.8 Å². The van der Waals surface area contributed by atoms with Crippen LogP contribution in [-0.2, 0) is 14.3 Å². The van der Waals surface area contributed by atoms with E-state index < -0.39 is 18.0 Å². The van der Waals surface area contributed by atoms with E-state index in [4.69, 9.17) is 9.84 Å². The maximum absolute atomic E-state index is 11.1. The van der Waals surface area contributed by atoms with Gasteiger partial charge in [-0.15, -0.1) is 0 Å². The van der Waals surface area contributed by atoms with E-state index in [-0.39, 0.29) is 0 Å². The Bertz CT molecular complexity index is 273. The maximum atomic E-state index is 11.1. The molecule has 0 saturated carbocycles. The number of carboxylic acids is 1. The second-order valence-electron chi connectivity index (χ2n) is 2.84. The van der Waals surface area contributed by atoms with Crippen molar-refractivity contribution in [3.63, 3.8) is 0 Å². The van der Waals surface area contributed by atoms with Crippen molar-refractivity contribution >= 4 is 23.7 Å². The molecule has 0 aromatic heterocycles. The Hall–Kier alpha value is -1.23. The van der Waals surface area contributed by atoms with Crippen molar-refractivity contribution in [3.8, 4) is 0 Å². The molecule has 0 aliphatic carbocycles. The molecule has 0 aliphatic rings. The molecule has 1 atom stereocenters. The molecule has 0 fully saturated rings. The molecule has 0 spiro atoms. The first-order chi connectivity index (χ1) is 7.61. The monoisotopic (exact) mass is 244 g/mol. The minimum Gasteiger partial charge on any atom is -0.479 e. The highest BCUT2D eigenvalue weighted by molar-refractivity contribution is 7.99. The fourth-order valence-corrected chi connectivity index (χ4v) is 1.56. The van der Waals surface area contributed by atoms with Crippen LogP contribution in [0, 0.1) is 0 Å². The number of carbonyl (C=O) groups is 2. The molecule has 5 heteroatoms. The number of hydrogen-bond acceptors (Lipinski definition) is 4. The van der Waals surface area contributed by atoms with Gasteiger partial charge < -0.3 is 9.84 Å². The summed E-state index contributed by atoms with van der Waals surface area (Å²) in [7, 11) is 0. The minimum atomic E-state index is -1.11. The Labute approximate surface area is 99.4 Å². The van der Waals surface area contributed by atoms with Crippen LogP contribution < -0.4 is 0 Å². The van der Waals surface area contributed by atoms with Crippen LogP contribution in [0.15, 0.2) is 24.8 Å². The molecule has 0 bridgehead atoms. The van der Waals surface area contributed by atoms with Crippen molar-refractivity contribution in [3.05, 3.63) is 24.8 Å². The van der Waals surface area contributed by atoms with Crippen LogP contribution in [0.2, 0.25) is 0 Å². The van der Waals surface area contributed by atoms with Crippen molar-refractivity contribution in [2.45, 2.75) is 19.4 Å². The summed E-state index contributed by atoms with van der Waals surface area (Å²) in [5.41, 5.74) is 0. The number of allylic oxidation sites excluding steroid dienone is 2. The topological polar surface area (TPSA) is 63.6 Å². The largest absolute Gasteiger partial charge is 0.479 e. The first-order valence-electron chi connectivity index (χ1n) is 4.92. The molecule has 90 valence electrons. The van der Waals surface area contributed by atoms with Crippen molar-refractivity contribution in [2.24, 2.45) is 0 Å². The van der Waals surface area contributed by atoms with Crippen molar-refractivity contribution in [1.29, 1.82) is 0 Å². The lowest BCUT2D eigenvalue weighted by molar-refractivity contribution is -0.160. The van der Waals surface area contributed by atoms with Crippen molar-refractivity contribution in [1.82, 2.24) is 0 Å². The van der Waals surface area contributed by atoms with Crippen LogP contribution in [0.25, 0.3) is 0 Å². The van der Waals surface area contributed by atoms with Crippen LogP contribution in [0.4, 0.5) is 0 Å². The molecule has 0 heterocycles. The number of aliphatic carboxylic acids is 1. The van der Waals surface area contributed by atoms with E-state index in [2.05, 4.69) is 6.58 Å². The van der Waals surface area contributed by atoms with E-state index in [0.717, 1.165) is 11.8 Å². The molecule has 0 aromatic carbocycles. The van der Waals surface area contributed by atoms with Gasteiger partial charge in [-0.05, 0) is 11.5 Å². The summed E-state index contributed by atoms with van der Waals surface area (Å²) >= 11 is 1.61. The highest BCUT2D eigenvalue weighted by atomic mass is 32.2. The highest BCUT2D eigenvalue weighted by Gasteiger charge is 2.20. The van der Waals surface area contributed by atoms with Crippen molar-refractivity contribution in [2.75, 3.05) is 11.5 Å². The van der Waals surface area contributed by atoms with Gasteiger partial charge in [0.2, 0.25) is 0 Å². The molecular weight excluding hydrogens is 228 g/mol. The molecular formula is C11H16O4S. The first-order valence-corrected chi connectivity index (χ1v) is 6.07. The Morgan fingerprint density at radius 3 is 2.75 bits per heavy atom. The zero-order valence-corrected chi connectivity index (χ0v) is 10.0. The van der Waals surface area contributed by atoms with Crippen LogP contribution in [0.1, 0.15) is 13.3 Å². The van der Waals surface area contributed by atoms with Crippen LogP contribution in [-0.4, -0.2) is 34.7 Å². The molecule has 0 radical (unpaired) electrons. The number of carbonyl (C=O) groups excluding carboxylic acids is 1. The predicted octanol–water partition coefficient (Wildman–Crippen LogP) is 1.87. The molecule has 0 aliphatic heterocycles. The Kier molecular flexibility index (Phi) is 8.34. The fraction of sp³-hybridized carbons (Fsp3) is 0.455. The Morgan fingerprint density at radius 2 is 2.25 bits per heavy atom. The van der Waals surface area contributed by atoms with Crippen molar-refractivity contribution < 1.29 is 19.4 Å². The summed E-state index contributed by atoms with van der Waals surface area (Å²) in [6.07, 6.45) is 3.23. The quantitative estimate of drug-likeness (QED) is 0.305. The highest BCUT2D eigenvalue weighted by Crippen LogP contribution is 2.07. The summed E-state index contributed by atoms with van der Waals surface area (Å²) in [5.74, 6) is -0.200. The van der Waals surface area contributed by atoms with Crippen LogP contribution in [0.5, 0.6) is 0 Å². The van der Waals surface area contributed by atoms with Gasteiger partial charge >= 0.3 is 11.9 Å². The number of rotatable bonds is 8. The third-order valence-corrected chi connectivity index (χ3v) is 2.56. The Balaban J connectivity index is 4.12. The van der Waals surface area contributed by atoms with E-state index in [9.17, 15) is 9.59 Å². The Morgan fingerprint density at radius 1 is 1.56 bits per heavy atom. The van der Waals surface area contributed by atoms with Crippen LogP contribution in [0.3, 0.4) is 0 Å². The average Bonchev–Trinajstić information content (AvgIpc) is 2.25. The third-order valence-electron chi connectivity index (χ3n) is 1.63. The molecule has 4 nitrogen and oxygen atoms in total. The van der Waals surface area contributed by atoms with Gasteiger partial charge in [0.1, 0.15) is 0 Å². The second kappa shape index (κ2) is 9.03. The summed E-state index contributed by atoms with van der Waals surface area (Å²) in [6.45, 7) is 5.38. The lowest BCUT2D eigenvalue weighted by Crippen LogP contribution is -2.27. The zero-order chi connectivity index (χ0) is 12.4. The predicted molar refractivity (Wildman–Crippen MR) is 64.5 cm³/mol. The van der Waals surface area contributed by atoms with Gasteiger partial charge in [0.15, 0.2) is 6.10 Å². The molecule has 0 amide bonds. The molecule has 0 aromatic rings. The van der Waals surface area contributed by atoms with E-state index >= 15 is 0 Å². The normalized spacial score (nSPS) is 12.3. The average molecular weight is 244 g/mol. The fourth-order valence-electron chi connectivity index (χ4n) is 0.894. The van der Waals surface area contributed by atoms with Crippen LogP contribution >= 0.6 is 11.8 Å². The minimum absolute atomic E-state index is 0.321. The molecule has 16 heavy (non-hydrogen) atoms. The van der Waals surface area contributed by atoms with E-state index in [0.29, 0.717) is 12.2 Å². The lowest BCUT2D eigenvalue weighted by atomic mass is 10.3. The van der Waals surface area contributed by atoms with Gasteiger partial charge in [0.25, 0.3) is 0 Å². The summed E-state index contributed by atoms with van der Waals surface area (Å²) in [6, 6.07) is 0. The molecule has 0 saturated heterocycles. The number of esters is 1. The van der Waals surface area contributed by atoms with E-state index in [1.807, 2.05) is 6.92 Å². The summed E-state index contributed by atoms with van der Waals surface area (Å²) in [4.78, 5) is 21.9. The van der Waals surface area contributed by atoms with Gasteiger partial charge in [-0.25, -0.2) is 9.59 Å². The number of hydrogen-bond donors (Lipinski definition) is 1. The van der Waals surface area contributed by atoms with Gasteiger partial charge in [0.05, 0.1) is 0 Å². The molecule has 0 rings (SSSR count). The maximum Gasteiger partial charge on any atom is 0.345 e. The zero-order valence-electron chi connectivity index (χ0n) is 9.22. The smallest absolute Gasteiger partial charge is 0.345 e. The molecule has 1 unspecified atom stereocenters. The van der Waals surface area contributed by atoms with Gasteiger partial charge in [-0.1, -0.05) is 25.7 Å². The second-order valence-corrected chi connectivity index (χ2v) is 4.24. The number of carboxylic acid groups (broad SMARTS) is 1. The molecule has 1 N–H and O–H groups in total. The standard InChI is InChI=1S/C11H16O4S/c1-3-5-6-10(12)15-9(11(13)14)7-8-16-4-2/h3,5-6,9H,1,4,7-8H2,2H3,(H,13,14). The number of thioether (sulfide) groups is 1. The van der Waals surface area contributed by atoms with Gasteiger partial charge in [-0.3, -0.25) is 0 Å².